The molecule has 3 aromatic carbocycles. The molecule has 0 saturated heterocycles. The number of rotatable bonds is 6. The molecule has 2 amide bonds. The molecule has 1 aliphatic rings. The summed E-state index contributed by atoms with van der Waals surface area (Å²) in [5.41, 5.74) is 4.41. The minimum absolute atomic E-state index is 0.0184. The third-order valence-electron chi connectivity index (χ3n) is 5.59. The van der Waals surface area contributed by atoms with Crippen molar-refractivity contribution in [3.63, 3.8) is 0 Å². The number of fused-ring (bicyclic) bond motifs is 2. The van der Waals surface area contributed by atoms with Gasteiger partial charge in [0.25, 0.3) is 5.91 Å². The predicted octanol–water partition coefficient (Wildman–Crippen LogP) is 3.58. The van der Waals surface area contributed by atoms with Gasteiger partial charge in [-0.2, -0.15) is 0 Å². The van der Waals surface area contributed by atoms with Crippen LogP contribution in [-0.2, 0) is 9.59 Å². The first-order chi connectivity index (χ1) is 15.7. The monoisotopic (exact) mass is 426 g/mol. The van der Waals surface area contributed by atoms with Gasteiger partial charge in [-0.05, 0) is 35.4 Å². The average Bonchev–Trinajstić information content (AvgIpc) is 3.30. The van der Waals surface area contributed by atoms with E-state index in [4.69, 9.17) is 4.74 Å². The van der Waals surface area contributed by atoms with Crippen molar-refractivity contribution in [2.24, 2.45) is 0 Å². The number of nitrogens with one attached hydrogen (secondary N) is 2. The lowest BCUT2D eigenvalue weighted by Gasteiger charge is -2.29. The summed E-state index contributed by atoms with van der Waals surface area (Å²) < 4.78 is 5.48. The molecule has 0 bridgehead atoms. The Bertz CT molecular complexity index is 1270. The lowest BCUT2D eigenvalue weighted by atomic mass is 9.98. The zero-order chi connectivity index (χ0) is 21.9. The van der Waals surface area contributed by atoms with Gasteiger partial charge in [0.2, 0.25) is 5.91 Å². The zero-order valence-corrected chi connectivity index (χ0v) is 17.3. The van der Waals surface area contributed by atoms with Crippen LogP contribution in [0, 0.1) is 0 Å². The van der Waals surface area contributed by atoms with Crippen LogP contribution in [0.1, 0.15) is 23.6 Å². The average molecular weight is 426 g/mol. The summed E-state index contributed by atoms with van der Waals surface area (Å²) in [5, 5.41) is 3.14. The second-order valence-electron chi connectivity index (χ2n) is 7.64. The number of para-hydroxylation sites is 2. The number of imidazole rings is 1. The fraction of sp³-hybridized carbons (Fsp3) is 0.160. The van der Waals surface area contributed by atoms with E-state index in [-0.39, 0.29) is 37.4 Å². The number of aromatic nitrogens is 2. The van der Waals surface area contributed by atoms with E-state index in [0.29, 0.717) is 11.4 Å². The lowest BCUT2D eigenvalue weighted by molar-refractivity contribution is -0.122. The highest BCUT2D eigenvalue weighted by atomic mass is 16.5. The van der Waals surface area contributed by atoms with Gasteiger partial charge < -0.3 is 19.9 Å². The van der Waals surface area contributed by atoms with E-state index in [1.807, 2.05) is 72.8 Å². The molecule has 0 unspecified atom stereocenters. The number of aromatic amines is 1. The first-order valence-corrected chi connectivity index (χ1v) is 10.5. The van der Waals surface area contributed by atoms with Crippen molar-refractivity contribution in [2.75, 3.05) is 18.1 Å². The number of hydrogen-bond donors (Lipinski definition) is 2. The van der Waals surface area contributed by atoms with Crippen LogP contribution >= 0.6 is 0 Å². The number of H-pyrrole nitrogens is 1. The molecule has 32 heavy (non-hydrogen) atoms. The van der Waals surface area contributed by atoms with Gasteiger partial charge >= 0.3 is 0 Å². The number of carbonyl (C=O) groups is 2. The molecule has 2 N–H and O–H groups in total. The summed E-state index contributed by atoms with van der Waals surface area (Å²) in [6.45, 7) is 0.265. The van der Waals surface area contributed by atoms with Crippen molar-refractivity contribution >= 4 is 28.5 Å². The minimum atomic E-state index is -0.316. The maximum atomic E-state index is 13.0. The highest BCUT2D eigenvalue weighted by molar-refractivity contribution is 5.98. The molecular formula is C25H22N4O3. The smallest absolute Gasteiger partial charge is 0.265 e. The van der Waals surface area contributed by atoms with Crippen LogP contribution in [0.4, 0.5) is 5.69 Å². The molecule has 1 aromatic heterocycles. The van der Waals surface area contributed by atoms with Gasteiger partial charge in [-0.1, -0.05) is 48.5 Å². The highest BCUT2D eigenvalue weighted by Crippen LogP contribution is 2.31. The molecule has 4 aromatic rings. The van der Waals surface area contributed by atoms with Crippen LogP contribution in [0.15, 0.2) is 79.1 Å². The molecule has 0 spiro atoms. The molecule has 0 saturated carbocycles. The van der Waals surface area contributed by atoms with Gasteiger partial charge in [-0.3, -0.25) is 9.59 Å². The maximum absolute atomic E-state index is 13.0. The van der Waals surface area contributed by atoms with E-state index in [0.717, 1.165) is 22.2 Å². The fourth-order valence-corrected chi connectivity index (χ4v) is 3.98. The summed E-state index contributed by atoms with van der Waals surface area (Å²) in [7, 11) is 0. The summed E-state index contributed by atoms with van der Waals surface area (Å²) in [5.74, 6) is 0.365. The van der Waals surface area contributed by atoms with Crippen molar-refractivity contribution in [3.8, 4) is 5.75 Å². The molecule has 1 atom stereocenters. The van der Waals surface area contributed by atoms with Gasteiger partial charge in [0.05, 0.1) is 29.1 Å². The fourth-order valence-electron chi connectivity index (χ4n) is 3.98. The van der Waals surface area contributed by atoms with Crippen molar-refractivity contribution < 1.29 is 14.3 Å². The van der Waals surface area contributed by atoms with Crippen molar-refractivity contribution in [2.45, 2.75) is 12.5 Å². The molecule has 7 nitrogen and oxygen atoms in total. The molecule has 0 aliphatic carbocycles. The van der Waals surface area contributed by atoms with Crippen LogP contribution < -0.4 is 15.0 Å². The number of nitrogens with zero attached hydrogens (tertiary/aromatic N) is 2. The van der Waals surface area contributed by atoms with E-state index < -0.39 is 0 Å². The Morgan fingerprint density at radius 2 is 1.88 bits per heavy atom. The Hall–Kier alpha value is -4.13. The van der Waals surface area contributed by atoms with Crippen molar-refractivity contribution in [3.05, 3.63) is 90.3 Å². The largest absolute Gasteiger partial charge is 0.482 e. The third kappa shape index (κ3) is 3.92. The second-order valence-corrected chi connectivity index (χ2v) is 7.64. The molecule has 160 valence electrons. The predicted molar refractivity (Wildman–Crippen MR) is 121 cm³/mol. The second kappa shape index (κ2) is 8.55. The Labute approximate surface area is 185 Å². The number of carbonyl (C=O) groups excluding carboxylic acids is 2. The Balaban J connectivity index is 1.35. The van der Waals surface area contributed by atoms with E-state index in [1.165, 1.54) is 0 Å². The summed E-state index contributed by atoms with van der Waals surface area (Å²) >= 11 is 0. The number of anilines is 1. The Morgan fingerprint density at radius 1 is 1.06 bits per heavy atom. The van der Waals surface area contributed by atoms with Crippen LogP contribution in [-0.4, -0.2) is 34.9 Å². The molecule has 5 rings (SSSR count). The zero-order valence-electron chi connectivity index (χ0n) is 17.3. The van der Waals surface area contributed by atoms with Gasteiger partial charge in [0.1, 0.15) is 5.75 Å². The van der Waals surface area contributed by atoms with Crippen LogP contribution in [0.3, 0.4) is 0 Å². The number of hydrogen-bond acceptors (Lipinski definition) is 4. The number of amides is 2. The van der Waals surface area contributed by atoms with Gasteiger partial charge in [-0.15, -0.1) is 0 Å². The summed E-state index contributed by atoms with van der Waals surface area (Å²) in [4.78, 5) is 34.4. The minimum Gasteiger partial charge on any atom is -0.482 e. The number of benzene rings is 3. The summed E-state index contributed by atoms with van der Waals surface area (Å²) in [6.07, 6.45) is 1.83. The topological polar surface area (TPSA) is 87.3 Å². The maximum Gasteiger partial charge on any atom is 0.265 e. The molecule has 1 aliphatic heterocycles. The lowest BCUT2D eigenvalue weighted by Crippen LogP contribution is -2.41. The summed E-state index contributed by atoms with van der Waals surface area (Å²) in [6, 6.07) is 22.8. The normalized spacial score (nSPS) is 14.0. The van der Waals surface area contributed by atoms with Crippen LogP contribution in [0.25, 0.3) is 11.0 Å². The third-order valence-corrected chi connectivity index (χ3v) is 5.59. The van der Waals surface area contributed by atoms with E-state index in [1.54, 1.807) is 11.2 Å². The highest BCUT2D eigenvalue weighted by Gasteiger charge is 2.26. The molecule has 2 heterocycles. The molecule has 0 fully saturated rings. The SMILES string of the molecule is O=C(CCN1C(=O)COc2ccccc21)N[C@@H](c1ccccc1)c1ccc2nc[nH]c2c1. The Morgan fingerprint density at radius 3 is 2.75 bits per heavy atom. The first kappa shape index (κ1) is 19.8. The standard InChI is InChI=1S/C25H22N4O3/c30-23(12-13-29-21-8-4-5-9-22(21)32-15-24(29)31)28-25(17-6-2-1-3-7-17)18-10-11-19-20(14-18)27-16-26-19/h1-11,14,16,25H,12-13,15H2,(H,26,27)(H,28,30)/t25-/m0/s1. The van der Waals surface area contributed by atoms with Gasteiger partial charge in [-0.25, -0.2) is 4.98 Å². The van der Waals surface area contributed by atoms with Crippen molar-refractivity contribution in [1.82, 2.24) is 15.3 Å². The molecular weight excluding hydrogens is 404 g/mol. The Kier molecular flexibility index (Phi) is 5.29. The number of ether oxygens (including phenoxy) is 1. The van der Waals surface area contributed by atoms with E-state index >= 15 is 0 Å². The quantitative estimate of drug-likeness (QED) is 0.493. The van der Waals surface area contributed by atoms with E-state index in [2.05, 4.69) is 15.3 Å². The van der Waals surface area contributed by atoms with Crippen LogP contribution in [0.5, 0.6) is 5.75 Å². The molecule has 0 radical (unpaired) electrons. The van der Waals surface area contributed by atoms with Gasteiger partial charge in [0.15, 0.2) is 6.61 Å². The van der Waals surface area contributed by atoms with E-state index in [9.17, 15) is 9.59 Å². The first-order valence-electron chi connectivity index (χ1n) is 10.5. The van der Waals surface area contributed by atoms with Crippen molar-refractivity contribution in [1.29, 1.82) is 0 Å². The van der Waals surface area contributed by atoms with Crippen LogP contribution in [0.2, 0.25) is 0 Å². The van der Waals surface area contributed by atoms with Gasteiger partial charge in [0, 0.05) is 13.0 Å². The molecule has 7 heteroatoms.